The zero-order valence-corrected chi connectivity index (χ0v) is 24.6. The number of anilines is 2. The zero-order chi connectivity index (χ0) is 29.7. The van der Waals surface area contributed by atoms with E-state index in [1.807, 2.05) is 66.7 Å². The Labute approximate surface area is 254 Å². The Morgan fingerprint density at radius 1 is 0.860 bits per heavy atom. The van der Waals surface area contributed by atoms with Crippen LogP contribution in [-0.2, 0) is 20.9 Å². The van der Waals surface area contributed by atoms with Crippen molar-refractivity contribution in [3.63, 3.8) is 0 Å². The summed E-state index contributed by atoms with van der Waals surface area (Å²) < 4.78 is 7.10. The number of para-hydroxylation sites is 2. The van der Waals surface area contributed by atoms with Crippen LogP contribution in [-0.4, -0.2) is 34.6 Å². The topological polar surface area (TPSA) is 97.7 Å². The lowest BCUT2D eigenvalue weighted by atomic mass is 9.82. The van der Waals surface area contributed by atoms with E-state index in [0.29, 0.717) is 32.6 Å². The second-order valence-electron chi connectivity index (χ2n) is 10.3. The summed E-state index contributed by atoms with van der Waals surface area (Å²) >= 11 is 2.20. The number of aromatic nitrogens is 1. The molecule has 5 aromatic rings. The average Bonchev–Trinajstić information content (AvgIpc) is 3.47. The Balaban J connectivity index is 1.30. The number of thioether (sulfide) groups is 1. The van der Waals surface area contributed by atoms with Crippen LogP contribution in [0.5, 0.6) is 5.75 Å². The molecule has 1 saturated heterocycles. The third-order valence-electron chi connectivity index (χ3n) is 7.90. The molecule has 0 saturated carbocycles. The van der Waals surface area contributed by atoms with Gasteiger partial charge >= 0.3 is 4.87 Å². The molecule has 3 amide bonds. The summed E-state index contributed by atoms with van der Waals surface area (Å²) in [6, 6.07) is 29.6. The van der Waals surface area contributed by atoms with Crippen LogP contribution in [0.3, 0.4) is 0 Å². The second kappa shape index (κ2) is 10.9. The van der Waals surface area contributed by atoms with Gasteiger partial charge in [-0.1, -0.05) is 95.9 Å². The molecule has 3 atom stereocenters. The fourth-order valence-corrected chi connectivity index (χ4v) is 8.78. The van der Waals surface area contributed by atoms with Gasteiger partial charge in [0, 0.05) is 27.4 Å². The highest BCUT2D eigenvalue weighted by atomic mass is 32.2. The van der Waals surface area contributed by atoms with Crippen LogP contribution < -0.4 is 19.8 Å². The van der Waals surface area contributed by atoms with Crippen molar-refractivity contribution >= 4 is 63.0 Å². The molecule has 1 fully saturated rings. The van der Waals surface area contributed by atoms with Gasteiger partial charge in [-0.05, 0) is 29.7 Å². The molecule has 0 spiro atoms. The molecule has 1 N–H and O–H groups in total. The minimum atomic E-state index is -0.781. The van der Waals surface area contributed by atoms with Crippen LogP contribution >= 0.6 is 23.1 Å². The van der Waals surface area contributed by atoms with E-state index in [9.17, 15) is 19.2 Å². The van der Waals surface area contributed by atoms with E-state index < -0.39 is 17.1 Å². The Morgan fingerprint density at radius 2 is 1.58 bits per heavy atom. The van der Waals surface area contributed by atoms with E-state index in [1.165, 1.54) is 21.2 Å². The first kappa shape index (κ1) is 27.2. The van der Waals surface area contributed by atoms with E-state index in [1.54, 1.807) is 37.4 Å². The molecular formula is C33H25N3O5S2. The first-order valence-electron chi connectivity index (χ1n) is 13.7. The summed E-state index contributed by atoms with van der Waals surface area (Å²) in [4.78, 5) is 56.3. The van der Waals surface area contributed by atoms with Gasteiger partial charge in [-0.2, -0.15) is 0 Å². The smallest absolute Gasteiger partial charge is 0.308 e. The largest absolute Gasteiger partial charge is 0.496 e. The van der Waals surface area contributed by atoms with Gasteiger partial charge in [-0.3, -0.25) is 23.7 Å². The fourth-order valence-electron chi connectivity index (χ4n) is 6.01. The number of imide groups is 1. The third-order valence-corrected chi connectivity index (χ3v) is 10.5. The Bertz CT molecular complexity index is 1960. The Hall–Kier alpha value is -4.67. The first-order chi connectivity index (χ1) is 21.0. The van der Waals surface area contributed by atoms with Crippen molar-refractivity contribution in [1.29, 1.82) is 0 Å². The van der Waals surface area contributed by atoms with Crippen molar-refractivity contribution in [3.05, 3.63) is 117 Å². The van der Waals surface area contributed by atoms with Gasteiger partial charge in [-0.15, -0.1) is 0 Å². The number of nitrogens with one attached hydrogen (secondary N) is 1. The minimum absolute atomic E-state index is 0.235. The van der Waals surface area contributed by atoms with Gasteiger partial charge in [0.15, 0.2) is 0 Å². The van der Waals surface area contributed by atoms with Gasteiger partial charge in [0.05, 0.1) is 23.7 Å². The van der Waals surface area contributed by atoms with Gasteiger partial charge in [0.25, 0.3) is 0 Å². The molecule has 8 nitrogen and oxygen atoms in total. The summed E-state index contributed by atoms with van der Waals surface area (Å²) in [7, 11) is 1.55. The molecular weight excluding hydrogens is 583 g/mol. The summed E-state index contributed by atoms with van der Waals surface area (Å²) in [5.74, 6) is -1.84. The number of benzene rings is 4. The van der Waals surface area contributed by atoms with Crippen LogP contribution in [0, 0.1) is 5.92 Å². The van der Waals surface area contributed by atoms with Crippen LogP contribution in [0.25, 0.3) is 10.8 Å². The average molecular weight is 608 g/mol. The Kier molecular flexibility index (Phi) is 6.87. The van der Waals surface area contributed by atoms with Crippen molar-refractivity contribution in [2.24, 2.45) is 5.92 Å². The number of nitrogens with zero attached hydrogens (tertiary/aromatic N) is 2. The standard InChI is InChI=1S/C33H25N3O5S2/c1-41-24-17-8-7-15-22(24)26-27-28(31(39)36(30(27)38)20-12-3-2-4-13-20)42-32-29(26)43-33(40)35(32)18-25(37)34-23-16-9-11-19-10-5-6-14-21(19)23/h2-17,26-28H,18H2,1H3,(H,34,37)/t26-,27-,28+/m0/s1. The lowest BCUT2D eigenvalue weighted by molar-refractivity contribution is -0.122. The summed E-state index contributed by atoms with van der Waals surface area (Å²) in [6.45, 7) is -0.235. The molecule has 2 aliphatic rings. The summed E-state index contributed by atoms with van der Waals surface area (Å²) in [5.41, 5.74) is 1.86. The molecule has 43 heavy (non-hydrogen) atoms. The van der Waals surface area contributed by atoms with Crippen molar-refractivity contribution in [2.75, 3.05) is 17.3 Å². The first-order valence-corrected chi connectivity index (χ1v) is 15.4. The highest BCUT2D eigenvalue weighted by molar-refractivity contribution is 8.00. The number of hydrogen-bond donors (Lipinski definition) is 1. The molecule has 3 heterocycles. The second-order valence-corrected chi connectivity index (χ2v) is 12.5. The predicted octanol–water partition coefficient (Wildman–Crippen LogP) is 5.51. The number of rotatable bonds is 6. The quantitative estimate of drug-likeness (QED) is 0.256. The van der Waals surface area contributed by atoms with Gasteiger partial charge < -0.3 is 10.1 Å². The Morgan fingerprint density at radius 3 is 2.40 bits per heavy atom. The number of carbonyl (C=O) groups excluding carboxylic acids is 3. The number of ether oxygens (including phenoxy) is 1. The molecule has 1 aromatic heterocycles. The van der Waals surface area contributed by atoms with Crippen molar-refractivity contribution in [3.8, 4) is 5.75 Å². The molecule has 10 heteroatoms. The lowest BCUT2D eigenvalue weighted by Gasteiger charge is -2.31. The number of fused-ring (bicyclic) bond motifs is 3. The maximum absolute atomic E-state index is 14.0. The number of amides is 3. The number of hydrogen-bond acceptors (Lipinski definition) is 7. The summed E-state index contributed by atoms with van der Waals surface area (Å²) in [6.07, 6.45) is 0. The maximum atomic E-state index is 14.0. The molecule has 0 unspecified atom stereocenters. The van der Waals surface area contributed by atoms with E-state index in [-0.39, 0.29) is 29.1 Å². The van der Waals surface area contributed by atoms with Gasteiger partial charge in [-0.25, -0.2) is 4.90 Å². The van der Waals surface area contributed by atoms with Crippen LogP contribution in [0.1, 0.15) is 16.4 Å². The van der Waals surface area contributed by atoms with Gasteiger partial charge in [0.2, 0.25) is 17.7 Å². The molecule has 0 aliphatic carbocycles. The SMILES string of the molecule is COc1ccccc1[C@@H]1c2sc(=O)n(CC(=O)Nc3cccc4ccccc34)c2S[C@H]2C(=O)N(c3ccccc3)C(=O)[C@@H]12. The molecule has 0 radical (unpaired) electrons. The molecule has 4 aromatic carbocycles. The third kappa shape index (κ3) is 4.54. The zero-order valence-electron chi connectivity index (χ0n) is 22.9. The van der Waals surface area contributed by atoms with Crippen LogP contribution in [0.15, 0.2) is 107 Å². The predicted molar refractivity (Wildman–Crippen MR) is 168 cm³/mol. The lowest BCUT2D eigenvalue weighted by Crippen LogP contribution is -2.33. The van der Waals surface area contributed by atoms with Crippen molar-refractivity contribution < 1.29 is 19.1 Å². The monoisotopic (exact) mass is 607 g/mol. The van der Waals surface area contributed by atoms with E-state index >= 15 is 0 Å². The number of thiazole rings is 1. The normalized spacial score (nSPS) is 19.3. The minimum Gasteiger partial charge on any atom is -0.496 e. The number of methoxy groups -OCH3 is 1. The van der Waals surface area contributed by atoms with Crippen molar-refractivity contribution in [2.45, 2.75) is 22.7 Å². The van der Waals surface area contributed by atoms with E-state index in [2.05, 4.69) is 5.32 Å². The highest BCUT2D eigenvalue weighted by Gasteiger charge is 2.57. The molecule has 214 valence electrons. The molecule has 2 aliphatic heterocycles. The molecule has 0 bridgehead atoms. The van der Waals surface area contributed by atoms with E-state index in [0.717, 1.165) is 22.1 Å². The number of carbonyl (C=O) groups is 3. The highest BCUT2D eigenvalue weighted by Crippen LogP contribution is 2.55. The van der Waals surface area contributed by atoms with Crippen molar-refractivity contribution in [1.82, 2.24) is 4.57 Å². The summed E-state index contributed by atoms with van der Waals surface area (Å²) in [5, 5.41) is 4.58. The van der Waals surface area contributed by atoms with Crippen LogP contribution in [0.2, 0.25) is 0 Å². The van der Waals surface area contributed by atoms with E-state index in [4.69, 9.17) is 4.74 Å². The molecule has 7 rings (SSSR count). The maximum Gasteiger partial charge on any atom is 0.308 e. The van der Waals surface area contributed by atoms with Crippen LogP contribution in [0.4, 0.5) is 11.4 Å². The fraction of sp³-hybridized carbons (Fsp3) is 0.152. The van der Waals surface area contributed by atoms with Gasteiger partial charge in [0.1, 0.15) is 17.5 Å².